The maximum Gasteiger partial charge on any atom is 0.269 e. The van der Waals surface area contributed by atoms with Gasteiger partial charge in [-0.15, -0.1) is 0 Å². The third-order valence-electron chi connectivity index (χ3n) is 4.09. The van der Waals surface area contributed by atoms with Crippen molar-refractivity contribution in [2.24, 2.45) is 0 Å². The van der Waals surface area contributed by atoms with Crippen molar-refractivity contribution in [2.45, 2.75) is 13.3 Å². The van der Waals surface area contributed by atoms with Crippen LogP contribution in [0, 0.1) is 0 Å². The first-order valence-corrected chi connectivity index (χ1v) is 8.78. The molecule has 0 aliphatic carbocycles. The predicted octanol–water partition coefficient (Wildman–Crippen LogP) is 4.00. The number of anilines is 2. The standard InChI is InChI=1S/C22H21N3O2/c1-16(26)18-8-5-9-19(14-18)25-20-11-13-23-21(15-20)22(27)24-12-10-17-6-3-2-4-7-17/h2-9,11,13-15H,10,12H2,1H3,(H,23,25)(H,24,27). The van der Waals surface area contributed by atoms with Gasteiger partial charge >= 0.3 is 0 Å². The van der Waals surface area contributed by atoms with Gasteiger partial charge in [0.2, 0.25) is 0 Å². The first-order chi connectivity index (χ1) is 13.1. The molecule has 0 radical (unpaired) electrons. The van der Waals surface area contributed by atoms with E-state index in [0.717, 1.165) is 17.8 Å². The summed E-state index contributed by atoms with van der Waals surface area (Å²) in [7, 11) is 0. The van der Waals surface area contributed by atoms with Gasteiger partial charge in [-0.2, -0.15) is 0 Å². The molecule has 27 heavy (non-hydrogen) atoms. The molecule has 0 aliphatic rings. The van der Waals surface area contributed by atoms with E-state index in [-0.39, 0.29) is 11.7 Å². The highest BCUT2D eigenvalue weighted by Gasteiger charge is 2.08. The average molecular weight is 359 g/mol. The van der Waals surface area contributed by atoms with E-state index < -0.39 is 0 Å². The molecule has 0 aliphatic heterocycles. The number of carbonyl (C=O) groups is 2. The van der Waals surface area contributed by atoms with Crippen molar-refractivity contribution in [3.63, 3.8) is 0 Å². The monoisotopic (exact) mass is 359 g/mol. The molecule has 1 aromatic heterocycles. The van der Waals surface area contributed by atoms with Crippen LogP contribution in [0.15, 0.2) is 72.9 Å². The van der Waals surface area contributed by atoms with Crippen LogP contribution in [-0.4, -0.2) is 23.2 Å². The molecular formula is C22H21N3O2. The van der Waals surface area contributed by atoms with Crippen molar-refractivity contribution < 1.29 is 9.59 Å². The Morgan fingerprint density at radius 1 is 0.926 bits per heavy atom. The molecular weight excluding hydrogens is 338 g/mol. The predicted molar refractivity (Wildman–Crippen MR) is 106 cm³/mol. The Kier molecular flexibility index (Phi) is 5.94. The SMILES string of the molecule is CC(=O)c1cccc(Nc2ccnc(C(=O)NCCc3ccccc3)c2)c1. The van der Waals surface area contributed by atoms with Gasteiger partial charge in [-0.1, -0.05) is 42.5 Å². The topological polar surface area (TPSA) is 71.1 Å². The van der Waals surface area contributed by atoms with Gasteiger partial charge < -0.3 is 10.6 Å². The minimum absolute atomic E-state index is 0.00635. The van der Waals surface area contributed by atoms with E-state index in [9.17, 15) is 9.59 Å². The van der Waals surface area contributed by atoms with E-state index in [1.54, 1.807) is 30.5 Å². The van der Waals surface area contributed by atoms with Gasteiger partial charge in [0.1, 0.15) is 5.69 Å². The van der Waals surface area contributed by atoms with Crippen molar-refractivity contribution in [3.05, 3.63) is 89.7 Å². The Labute approximate surface area is 158 Å². The molecule has 0 spiro atoms. The molecule has 3 aromatic rings. The second-order valence-corrected chi connectivity index (χ2v) is 6.18. The third-order valence-corrected chi connectivity index (χ3v) is 4.09. The summed E-state index contributed by atoms with van der Waals surface area (Å²) >= 11 is 0. The van der Waals surface area contributed by atoms with Crippen LogP contribution in [0.25, 0.3) is 0 Å². The molecule has 1 amide bonds. The van der Waals surface area contributed by atoms with Crippen molar-refractivity contribution >= 4 is 23.1 Å². The molecule has 0 saturated heterocycles. The van der Waals surface area contributed by atoms with Crippen molar-refractivity contribution in [2.75, 3.05) is 11.9 Å². The van der Waals surface area contributed by atoms with Gasteiger partial charge in [0.05, 0.1) is 0 Å². The molecule has 0 saturated carbocycles. The molecule has 1 heterocycles. The number of nitrogens with zero attached hydrogens (tertiary/aromatic N) is 1. The maximum atomic E-state index is 12.3. The van der Waals surface area contributed by atoms with Gasteiger partial charge in [-0.05, 0) is 43.2 Å². The van der Waals surface area contributed by atoms with E-state index in [2.05, 4.69) is 15.6 Å². The number of carbonyl (C=O) groups excluding carboxylic acids is 2. The largest absolute Gasteiger partial charge is 0.355 e. The zero-order valence-corrected chi connectivity index (χ0v) is 15.1. The van der Waals surface area contributed by atoms with E-state index in [0.29, 0.717) is 17.8 Å². The Bertz CT molecular complexity index is 939. The minimum atomic E-state index is -0.216. The van der Waals surface area contributed by atoms with Gasteiger partial charge in [0.15, 0.2) is 5.78 Å². The van der Waals surface area contributed by atoms with E-state index in [4.69, 9.17) is 0 Å². The summed E-state index contributed by atoms with van der Waals surface area (Å²) < 4.78 is 0. The maximum absolute atomic E-state index is 12.3. The van der Waals surface area contributed by atoms with Crippen LogP contribution in [0.2, 0.25) is 0 Å². The molecule has 2 aromatic carbocycles. The number of ketones is 1. The first kappa shape index (κ1) is 18.3. The second-order valence-electron chi connectivity index (χ2n) is 6.18. The number of pyridine rings is 1. The first-order valence-electron chi connectivity index (χ1n) is 8.78. The number of benzene rings is 2. The van der Waals surface area contributed by atoms with Crippen LogP contribution >= 0.6 is 0 Å². The third kappa shape index (κ3) is 5.25. The number of hydrogen-bond acceptors (Lipinski definition) is 4. The molecule has 3 rings (SSSR count). The minimum Gasteiger partial charge on any atom is -0.355 e. The number of aromatic nitrogens is 1. The van der Waals surface area contributed by atoms with Crippen LogP contribution in [0.1, 0.15) is 33.3 Å². The summed E-state index contributed by atoms with van der Waals surface area (Å²) in [6.07, 6.45) is 2.35. The van der Waals surface area contributed by atoms with Gasteiger partial charge in [0.25, 0.3) is 5.91 Å². The average Bonchev–Trinajstić information content (AvgIpc) is 2.69. The molecule has 0 atom stereocenters. The quantitative estimate of drug-likeness (QED) is 0.626. The highest BCUT2D eigenvalue weighted by atomic mass is 16.1. The zero-order chi connectivity index (χ0) is 19.1. The Hall–Kier alpha value is -3.47. The second kappa shape index (κ2) is 8.76. The van der Waals surface area contributed by atoms with E-state index >= 15 is 0 Å². The lowest BCUT2D eigenvalue weighted by Crippen LogP contribution is -2.26. The van der Waals surface area contributed by atoms with Crippen LogP contribution in [0.5, 0.6) is 0 Å². The summed E-state index contributed by atoms with van der Waals surface area (Å²) in [5, 5.41) is 6.09. The summed E-state index contributed by atoms with van der Waals surface area (Å²) in [5.74, 6) is -0.209. The Balaban J connectivity index is 1.62. The number of amides is 1. The lowest BCUT2D eigenvalue weighted by molar-refractivity contribution is 0.0948. The van der Waals surface area contributed by atoms with E-state index in [1.165, 1.54) is 12.5 Å². The molecule has 5 nitrogen and oxygen atoms in total. The number of nitrogens with one attached hydrogen (secondary N) is 2. The van der Waals surface area contributed by atoms with Crippen molar-refractivity contribution in [1.29, 1.82) is 0 Å². The van der Waals surface area contributed by atoms with Crippen LogP contribution in [-0.2, 0) is 6.42 Å². The smallest absolute Gasteiger partial charge is 0.269 e. The normalized spacial score (nSPS) is 10.3. The lowest BCUT2D eigenvalue weighted by atomic mass is 10.1. The molecule has 0 bridgehead atoms. The fourth-order valence-electron chi connectivity index (χ4n) is 2.67. The lowest BCUT2D eigenvalue weighted by Gasteiger charge is -2.09. The summed E-state index contributed by atoms with van der Waals surface area (Å²) in [5.41, 5.74) is 3.67. The van der Waals surface area contributed by atoms with Crippen LogP contribution in [0.3, 0.4) is 0 Å². The number of rotatable bonds is 7. The summed E-state index contributed by atoms with van der Waals surface area (Å²) in [4.78, 5) is 28.0. The fraction of sp³-hybridized carbons (Fsp3) is 0.136. The molecule has 2 N–H and O–H groups in total. The number of hydrogen-bond donors (Lipinski definition) is 2. The molecule has 5 heteroatoms. The summed E-state index contributed by atoms with van der Waals surface area (Å²) in [6.45, 7) is 2.08. The fourth-order valence-corrected chi connectivity index (χ4v) is 2.67. The van der Waals surface area contributed by atoms with Gasteiger partial charge in [-0.25, -0.2) is 0 Å². The molecule has 136 valence electrons. The van der Waals surface area contributed by atoms with Gasteiger partial charge in [-0.3, -0.25) is 14.6 Å². The van der Waals surface area contributed by atoms with Crippen LogP contribution < -0.4 is 10.6 Å². The van der Waals surface area contributed by atoms with E-state index in [1.807, 2.05) is 42.5 Å². The number of Topliss-reactive ketones (excluding diaryl/α,β-unsaturated/α-hetero) is 1. The van der Waals surface area contributed by atoms with Crippen molar-refractivity contribution in [3.8, 4) is 0 Å². The Morgan fingerprint density at radius 3 is 2.48 bits per heavy atom. The zero-order valence-electron chi connectivity index (χ0n) is 15.1. The highest BCUT2D eigenvalue weighted by molar-refractivity contribution is 5.95. The van der Waals surface area contributed by atoms with Gasteiger partial charge in [0, 0.05) is 29.7 Å². The molecule has 0 fully saturated rings. The Morgan fingerprint density at radius 2 is 1.70 bits per heavy atom. The highest BCUT2D eigenvalue weighted by Crippen LogP contribution is 2.18. The summed E-state index contributed by atoms with van der Waals surface area (Å²) in [6, 6.07) is 20.7. The van der Waals surface area contributed by atoms with Crippen LogP contribution in [0.4, 0.5) is 11.4 Å². The van der Waals surface area contributed by atoms with Crippen molar-refractivity contribution in [1.82, 2.24) is 10.3 Å². The molecule has 0 unspecified atom stereocenters.